The Kier molecular flexibility index (Phi) is 5.68. The van der Waals surface area contributed by atoms with E-state index in [1.807, 2.05) is 6.07 Å². The van der Waals surface area contributed by atoms with E-state index in [0.29, 0.717) is 21.1 Å². The van der Waals surface area contributed by atoms with Crippen LogP contribution in [0.25, 0.3) is 0 Å². The molecule has 0 aliphatic carbocycles. The lowest BCUT2D eigenvalue weighted by Crippen LogP contribution is -2.20. The van der Waals surface area contributed by atoms with Crippen LogP contribution in [0.5, 0.6) is 0 Å². The van der Waals surface area contributed by atoms with Gasteiger partial charge < -0.3 is 10.6 Å². The van der Waals surface area contributed by atoms with Crippen molar-refractivity contribution >= 4 is 51.9 Å². The van der Waals surface area contributed by atoms with Gasteiger partial charge in [0.2, 0.25) is 0 Å². The number of halogens is 2. The number of aryl methyl sites for hydroxylation is 1. The summed E-state index contributed by atoms with van der Waals surface area (Å²) in [7, 11) is 0. The van der Waals surface area contributed by atoms with Crippen LogP contribution >= 0.6 is 35.4 Å². The molecule has 5 heteroatoms. The molecule has 0 heterocycles. The van der Waals surface area contributed by atoms with Crippen molar-refractivity contribution in [3.05, 3.63) is 57.6 Å². The van der Waals surface area contributed by atoms with Crippen LogP contribution in [-0.4, -0.2) is 5.11 Å². The van der Waals surface area contributed by atoms with Gasteiger partial charge in [-0.05, 0) is 54.4 Å². The molecule has 0 spiro atoms. The van der Waals surface area contributed by atoms with Crippen LogP contribution in [-0.2, 0) is 0 Å². The molecule has 2 N–H and O–H groups in total. The third-order valence-corrected chi connectivity index (χ3v) is 4.29. The summed E-state index contributed by atoms with van der Waals surface area (Å²) < 4.78 is 0. The first kappa shape index (κ1) is 17.1. The van der Waals surface area contributed by atoms with E-state index in [0.717, 1.165) is 16.9 Å². The van der Waals surface area contributed by atoms with Crippen LogP contribution in [0, 0.1) is 6.92 Å². The maximum Gasteiger partial charge on any atom is 0.175 e. The number of hydrogen-bond donors (Lipinski definition) is 2. The molecule has 0 aromatic heterocycles. The second-order valence-electron chi connectivity index (χ2n) is 5.40. The summed E-state index contributed by atoms with van der Waals surface area (Å²) in [5, 5.41) is 7.95. The molecular weight excluding hydrogens is 335 g/mol. The van der Waals surface area contributed by atoms with Gasteiger partial charge in [0.05, 0.1) is 10.0 Å². The van der Waals surface area contributed by atoms with E-state index in [1.54, 1.807) is 12.1 Å². The van der Waals surface area contributed by atoms with E-state index in [4.69, 9.17) is 35.4 Å². The van der Waals surface area contributed by atoms with Crippen molar-refractivity contribution in [2.24, 2.45) is 0 Å². The van der Waals surface area contributed by atoms with Crippen molar-refractivity contribution in [1.82, 2.24) is 0 Å². The largest absolute Gasteiger partial charge is 0.332 e. The topological polar surface area (TPSA) is 24.1 Å². The molecule has 2 aromatic carbocycles. The predicted octanol–water partition coefficient (Wildman–Crippen LogP) is 6.23. The lowest BCUT2D eigenvalue weighted by atomic mass is 9.98. The number of hydrogen-bond acceptors (Lipinski definition) is 1. The highest BCUT2D eigenvalue weighted by Gasteiger charge is 2.10. The Bertz CT molecular complexity index is 699. The Balaban J connectivity index is 2.17. The molecule has 0 fully saturated rings. The highest BCUT2D eigenvalue weighted by Crippen LogP contribution is 2.28. The zero-order valence-electron chi connectivity index (χ0n) is 12.7. The fourth-order valence-corrected chi connectivity index (χ4v) is 2.71. The molecule has 2 aromatic rings. The van der Waals surface area contributed by atoms with E-state index in [1.165, 1.54) is 5.56 Å². The molecule has 22 heavy (non-hydrogen) atoms. The molecule has 0 radical (unpaired) electrons. The molecule has 0 aliphatic heterocycles. The molecule has 0 unspecified atom stereocenters. The average Bonchev–Trinajstić information content (AvgIpc) is 2.45. The van der Waals surface area contributed by atoms with Crippen LogP contribution in [0.15, 0.2) is 36.4 Å². The van der Waals surface area contributed by atoms with Gasteiger partial charge in [-0.2, -0.15) is 0 Å². The summed E-state index contributed by atoms with van der Waals surface area (Å²) in [5.74, 6) is 0.412. The van der Waals surface area contributed by atoms with Crippen LogP contribution in [0.3, 0.4) is 0 Å². The Labute approximate surface area is 146 Å². The Morgan fingerprint density at radius 3 is 2.41 bits per heavy atom. The first-order chi connectivity index (χ1) is 10.4. The maximum absolute atomic E-state index is 6.01. The molecule has 0 saturated carbocycles. The van der Waals surface area contributed by atoms with Crippen LogP contribution in [0.2, 0.25) is 10.0 Å². The van der Waals surface area contributed by atoms with Crippen LogP contribution in [0.1, 0.15) is 30.9 Å². The van der Waals surface area contributed by atoms with Gasteiger partial charge in [-0.25, -0.2) is 0 Å². The van der Waals surface area contributed by atoms with Crippen molar-refractivity contribution in [3.63, 3.8) is 0 Å². The van der Waals surface area contributed by atoms with E-state index in [2.05, 4.69) is 49.6 Å². The second kappa shape index (κ2) is 7.32. The van der Waals surface area contributed by atoms with E-state index in [9.17, 15) is 0 Å². The quantitative estimate of drug-likeness (QED) is 0.639. The van der Waals surface area contributed by atoms with E-state index in [-0.39, 0.29) is 0 Å². The lowest BCUT2D eigenvalue weighted by molar-refractivity contribution is 0.868. The minimum Gasteiger partial charge on any atom is -0.332 e. The van der Waals surface area contributed by atoms with Crippen molar-refractivity contribution in [1.29, 1.82) is 0 Å². The third kappa shape index (κ3) is 4.13. The van der Waals surface area contributed by atoms with Gasteiger partial charge in [0.15, 0.2) is 5.11 Å². The van der Waals surface area contributed by atoms with Gasteiger partial charge in [-0.15, -0.1) is 0 Å². The minimum absolute atomic E-state index is 0.412. The molecule has 0 saturated heterocycles. The fraction of sp³-hybridized carbons (Fsp3) is 0.235. The number of nitrogens with one attached hydrogen (secondary N) is 2. The van der Waals surface area contributed by atoms with E-state index >= 15 is 0 Å². The summed E-state index contributed by atoms with van der Waals surface area (Å²) in [6.45, 7) is 6.39. The third-order valence-electron chi connectivity index (χ3n) is 3.34. The number of thiocarbonyl (C=S) groups is 1. The Hall–Kier alpha value is -1.29. The summed E-state index contributed by atoms with van der Waals surface area (Å²) >= 11 is 17.3. The van der Waals surface area contributed by atoms with Crippen molar-refractivity contribution in [2.75, 3.05) is 10.6 Å². The molecule has 0 aliphatic rings. The highest BCUT2D eigenvalue weighted by molar-refractivity contribution is 7.80. The number of benzene rings is 2. The average molecular weight is 353 g/mol. The molecule has 0 atom stereocenters. The van der Waals surface area contributed by atoms with Crippen molar-refractivity contribution < 1.29 is 0 Å². The number of anilines is 2. The SMILES string of the molecule is Cc1cccc(C(C)C)c1NC(=S)Nc1ccc(Cl)c(Cl)c1. The zero-order valence-corrected chi connectivity index (χ0v) is 15.0. The Morgan fingerprint density at radius 1 is 1.05 bits per heavy atom. The van der Waals surface area contributed by atoms with Gasteiger partial charge in [-0.1, -0.05) is 55.2 Å². The normalized spacial score (nSPS) is 10.6. The van der Waals surface area contributed by atoms with Gasteiger partial charge in [0.25, 0.3) is 0 Å². The lowest BCUT2D eigenvalue weighted by Gasteiger charge is -2.18. The second-order valence-corrected chi connectivity index (χ2v) is 6.62. The van der Waals surface area contributed by atoms with E-state index < -0.39 is 0 Å². The summed E-state index contributed by atoms with van der Waals surface area (Å²) in [4.78, 5) is 0. The maximum atomic E-state index is 6.01. The highest BCUT2D eigenvalue weighted by atomic mass is 35.5. The number of rotatable bonds is 3. The van der Waals surface area contributed by atoms with Crippen LogP contribution in [0.4, 0.5) is 11.4 Å². The molecule has 2 rings (SSSR count). The fourth-order valence-electron chi connectivity index (χ4n) is 2.19. The molecular formula is C17H18Cl2N2S. The number of para-hydroxylation sites is 1. The molecule has 0 amide bonds. The molecule has 116 valence electrons. The van der Waals surface area contributed by atoms with Gasteiger partial charge in [0, 0.05) is 11.4 Å². The smallest absolute Gasteiger partial charge is 0.175 e. The van der Waals surface area contributed by atoms with Crippen molar-refractivity contribution in [2.45, 2.75) is 26.7 Å². The first-order valence-electron chi connectivity index (χ1n) is 7.01. The monoisotopic (exact) mass is 352 g/mol. The first-order valence-corrected chi connectivity index (χ1v) is 8.17. The van der Waals surface area contributed by atoms with Gasteiger partial charge >= 0.3 is 0 Å². The van der Waals surface area contributed by atoms with Crippen LogP contribution < -0.4 is 10.6 Å². The molecule has 0 bridgehead atoms. The summed E-state index contributed by atoms with van der Waals surface area (Å²) in [6.07, 6.45) is 0. The molecule has 2 nitrogen and oxygen atoms in total. The van der Waals surface area contributed by atoms with Crippen molar-refractivity contribution in [3.8, 4) is 0 Å². The van der Waals surface area contributed by atoms with Gasteiger partial charge in [0.1, 0.15) is 0 Å². The van der Waals surface area contributed by atoms with Gasteiger partial charge in [-0.3, -0.25) is 0 Å². The summed E-state index contributed by atoms with van der Waals surface area (Å²) in [5.41, 5.74) is 4.24. The zero-order chi connectivity index (χ0) is 16.3. The minimum atomic E-state index is 0.412. The predicted molar refractivity (Wildman–Crippen MR) is 102 cm³/mol. The standard InChI is InChI=1S/C17H18Cl2N2S/c1-10(2)13-6-4-5-11(3)16(13)21-17(22)20-12-7-8-14(18)15(19)9-12/h4-10H,1-3H3,(H2,20,21,22). The Morgan fingerprint density at radius 2 is 1.77 bits per heavy atom. The summed E-state index contributed by atoms with van der Waals surface area (Å²) in [6, 6.07) is 11.6.